The molecule has 2 unspecified atom stereocenters. The number of aromatic carboxylic acids is 1. The molecule has 0 spiro atoms. The van der Waals surface area contributed by atoms with Gasteiger partial charge in [0.15, 0.2) is 16.9 Å². The van der Waals surface area contributed by atoms with Crippen LogP contribution in [0.2, 0.25) is 0 Å². The van der Waals surface area contributed by atoms with Crippen LogP contribution >= 0.6 is 11.3 Å². The molecule has 3 aromatic heterocycles. The van der Waals surface area contributed by atoms with Gasteiger partial charge in [0.05, 0.1) is 48.0 Å². The molecule has 4 saturated carbocycles. The van der Waals surface area contributed by atoms with Crippen LogP contribution in [0.5, 0.6) is 11.5 Å². The van der Waals surface area contributed by atoms with Gasteiger partial charge in [0, 0.05) is 93.7 Å². The first kappa shape index (κ1) is 68.8. The van der Waals surface area contributed by atoms with Crippen LogP contribution in [0.15, 0.2) is 79.0 Å². The van der Waals surface area contributed by atoms with E-state index in [-0.39, 0.29) is 111 Å². The number of carboxylic acids is 2. The van der Waals surface area contributed by atoms with Crippen molar-refractivity contribution in [1.82, 2.24) is 30.0 Å². The second kappa shape index (κ2) is 28.6. The second-order valence-corrected chi connectivity index (χ2v) is 27.6. The van der Waals surface area contributed by atoms with E-state index in [2.05, 4.69) is 34.8 Å². The Morgan fingerprint density at radius 2 is 1.59 bits per heavy atom. The number of fused-ring (bicyclic) bond motifs is 2. The predicted octanol–water partition coefficient (Wildman–Crippen LogP) is 6.38. The largest absolute Gasteiger partial charge is 0.496 e. The average molecular weight is 1340 g/mol. The Kier molecular flexibility index (Phi) is 20.5. The van der Waals surface area contributed by atoms with Crippen LogP contribution in [-0.4, -0.2) is 189 Å². The maximum Gasteiger partial charge on any atom is 0.410 e. The van der Waals surface area contributed by atoms with E-state index in [9.17, 15) is 54.3 Å². The molecule has 27 nitrogen and oxygen atoms in total. The van der Waals surface area contributed by atoms with Gasteiger partial charge in [-0.3, -0.25) is 24.4 Å². The third-order valence-corrected chi connectivity index (χ3v) is 19.8. The van der Waals surface area contributed by atoms with Crippen LogP contribution in [-0.2, 0) is 52.8 Å². The van der Waals surface area contributed by atoms with Crippen molar-refractivity contribution in [2.75, 3.05) is 82.3 Å². The van der Waals surface area contributed by atoms with Gasteiger partial charge in [-0.15, -0.1) is 0 Å². The lowest BCUT2D eigenvalue weighted by atomic mass is 9.39. The highest BCUT2D eigenvalue weighted by Crippen LogP contribution is 2.72. The first-order valence-corrected chi connectivity index (χ1v) is 32.8. The molecule has 4 amide bonds. The number of amides is 4. The summed E-state index contributed by atoms with van der Waals surface area (Å²) in [5.74, 6) is -2.98. The number of aliphatic hydroxyl groups is 3. The number of aromatic nitrogens is 4. The SMILES string of the molecule is COCCN(CCOC12CC3(C)CC(C)(CC(Cn4ncc(-c5ccc(N6CCc7c(OC)ccc(C(=O)Nc8nc9ccccc9s8)c7C6)nc5C(=O)O)c4C)(C3)C1)C2)C(=O)OC/C=C/c1ccc(O[C@@H]2O[C@H](C(=O)O)[C@@H](O)[C@H](O)[C@H]2O)c(NC(=O)CCNC(=O)CCN)c1. The van der Waals surface area contributed by atoms with Crippen LogP contribution in [0.25, 0.3) is 27.4 Å². The van der Waals surface area contributed by atoms with Crippen LogP contribution in [0.3, 0.4) is 0 Å². The molecule has 4 bridgehead atoms. The molecule has 96 heavy (non-hydrogen) atoms. The lowest BCUT2D eigenvalue weighted by Crippen LogP contribution is -2.64. The molecule has 10 N–H and O–H groups in total. The highest BCUT2D eigenvalue weighted by Gasteiger charge is 2.66. The number of benzene rings is 3. The summed E-state index contributed by atoms with van der Waals surface area (Å²) in [4.78, 5) is 90.8. The summed E-state index contributed by atoms with van der Waals surface area (Å²) < 4.78 is 38.0. The number of hydrogen-bond donors (Lipinski definition) is 9. The van der Waals surface area contributed by atoms with Gasteiger partial charge in [-0.2, -0.15) is 5.10 Å². The number of carbonyl (C=O) groups excluding carboxylic acids is 4. The number of nitrogens with one attached hydrogen (secondary N) is 3. The summed E-state index contributed by atoms with van der Waals surface area (Å²) in [5.41, 5.74) is 9.90. The molecular formula is C68H82N10O17S. The van der Waals surface area contributed by atoms with Gasteiger partial charge < -0.3 is 80.1 Å². The molecule has 2 aliphatic heterocycles. The minimum Gasteiger partial charge on any atom is -0.496 e. The van der Waals surface area contributed by atoms with Gasteiger partial charge in [-0.1, -0.05) is 49.5 Å². The van der Waals surface area contributed by atoms with Crippen molar-refractivity contribution in [2.45, 2.75) is 128 Å². The number of pyridine rings is 1. The minimum absolute atomic E-state index is 0.0169. The number of nitrogens with zero attached hydrogens (tertiary/aromatic N) is 6. The van der Waals surface area contributed by atoms with E-state index in [1.165, 1.54) is 28.4 Å². The Morgan fingerprint density at radius 1 is 0.833 bits per heavy atom. The second-order valence-electron chi connectivity index (χ2n) is 26.5. The lowest BCUT2D eigenvalue weighted by molar-refractivity contribution is -0.271. The Balaban J connectivity index is 0.738. The topological polar surface area (TPSA) is 371 Å². The van der Waals surface area contributed by atoms with E-state index < -0.39 is 60.2 Å². The van der Waals surface area contributed by atoms with E-state index in [0.29, 0.717) is 58.5 Å². The fourth-order valence-corrected chi connectivity index (χ4v) is 16.7. The number of carbonyl (C=O) groups is 6. The van der Waals surface area contributed by atoms with Gasteiger partial charge in [0.2, 0.25) is 18.1 Å². The summed E-state index contributed by atoms with van der Waals surface area (Å²) in [6, 6.07) is 19.3. The summed E-state index contributed by atoms with van der Waals surface area (Å²) >= 11 is 1.39. The number of aliphatic carboxylic acids is 1. The fraction of sp³-hybridized carbons (Fsp3) is 0.485. The average Bonchev–Trinajstić information content (AvgIpc) is 0.910. The quantitative estimate of drug-likeness (QED) is 0.0270. The maximum absolute atomic E-state index is 14.0. The van der Waals surface area contributed by atoms with Crippen molar-refractivity contribution in [3.8, 4) is 22.6 Å². The number of ether oxygens (including phenoxy) is 6. The van der Waals surface area contributed by atoms with Gasteiger partial charge in [0.1, 0.15) is 42.2 Å². The number of rotatable bonds is 27. The molecule has 3 aromatic carbocycles. The Morgan fingerprint density at radius 3 is 2.32 bits per heavy atom. The van der Waals surface area contributed by atoms with Crippen molar-refractivity contribution in [2.24, 2.45) is 22.0 Å². The molecule has 7 atom stereocenters. The number of anilines is 3. The van der Waals surface area contributed by atoms with Crippen LogP contribution in [0.4, 0.5) is 21.4 Å². The van der Waals surface area contributed by atoms with E-state index in [1.807, 2.05) is 46.8 Å². The van der Waals surface area contributed by atoms with E-state index >= 15 is 0 Å². The normalized spacial score (nSPS) is 24.9. The number of aliphatic hydroxyl groups excluding tert-OH is 3. The highest BCUT2D eigenvalue weighted by atomic mass is 32.1. The first-order valence-electron chi connectivity index (χ1n) is 32.0. The Labute approximate surface area is 557 Å². The van der Waals surface area contributed by atoms with Gasteiger partial charge in [-0.05, 0) is 134 Å². The van der Waals surface area contributed by atoms with Gasteiger partial charge in [-0.25, -0.2) is 24.4 Å². The van der Waals surface area contributed by atoms with Gasteiger partial charge >= 0.3 is 18.0 Å². The maximum atomic E-state index is 14.0. The third-order valence-electron chi connectivity index (χ3n) is 18.9. The molecule has 0 radical (unpaired) electrons. The van der Waals surface area contributed by atoms with Crippen LogP contribution < -0.4 is 36.1 Å². The summed E-state index contributed by atoms with van der Waals surface area (Å²) in [7, 11) is 3.14. The Bertz CT molecular complexity index is 3900. The van der Waals surface area contributed by atoms with Crippen molar-refractivity contribution >= 4 is 80.0 Å². The molecule has 512 valence electrons. The smallest absolute Gasteiger partial charge is 0.410 e. The number of hydrogen-bond acceptors (Lipinski definition) is 21. The van der Waals surface area contributed by atoms with Crippen LogP contribution in [0, 0.1) is 23.2 Å². The highest BCUT2D eigenvalue weighted by molar-refractivity contribution is 7.22. The van der Waals surface area contributed by atoms with E-state index in [4.69, 9.17) is 44.2 Å². The number of carboxylic acid groups (broad SMARTS) is 2. The molecule has 6 aromatic rings. The van der Waals surface area contributed by atoms with Crippen LogP contribution in [0.1, 0.15) is 108 Å². The van der Waals surface area contributed by atoms with E-state index in [1.54, 1.807) is 56.8 Å². The molecule has 5 fully saturated rings. The summed E-state index contributed by atoms with van der Waals surface area (Å²) in [6.45, 7) is 8.87. The minimum atomic E-state index is -1.96. The standard InChI is InChI=1S/C68H82N10O17S/c1-39-44(42-14-17-51(74-54(42)60(85)86)77-23-20-41-45(31-77)43(13-16-48(41)91-5)59(84)75-63-73-46-10-6-7-11-50(46)96-63)30-71-78(39)38-67-33-65(2)32-66(3,34-67)36-68(35-65,37-67)93-28-25-76(24-27-90-4)64(89)92-26-8-9-40-12-15-49(47(29-40)72-53(80)19-22-70-52(79)18-21-69)94-62-57(83)55(81)56(82)58(95-62)61(87)88/h6-17,29-30,55-58,62,81-83H,18-28,31-38,69H2,1-5H3,(H,70,79)(H,72,80)(H,85,86)(H,87,88)(H,73,75,84)/b9-8+/t55-,56-,57+,58-,62+,65?,66?,67?,68?/m0/s1. The molecule has 28 heteroatoms. The molecule has 1 saturated heterocycles. The van der Waals surface area contributed by atoms with Crippen molar-refractivity contribution in [1.29, 1.82) is 0 Å². The van der Waals surface area contributed by atoms with Crippen molar-refractivity contribution < 1.29 is 82.7 Å². The molecule has 12 rings (SSSR count). The first-order chi connectivity index (χ1) is 45.9. The Hall–Kier alpha value is -8.61. The lowest BCUT2D eigenvalue weighted by Gasteiger charge is -2.69. The summed E-state index contributed by atoms with van der Waals surface area (Å²) in [6.07, 6.45) is 0.667. The van der Waals surface area contributed by atoms with Crippen molar-refractivity contribution in [3.05, 3.63) is 113 Å². The molecule has 4 aliphatic carbocycles. The fourth-order valence-electron chi connectivity index (χ4n) is 15.8. The monoisotopic (exact) mass is 1340 g/mol. The van der Waals surface area contributed by atoms with Gasteiger partial charge in [0.25, 0.3) is 5.91 Å². The molecule has 6 aliphatic rings. The zero-order valence-corrected chi connectivity index (χ0v) is 55.0. The number of nitrogens with two attached hydrogens (primary N) is 1. The van der Waals surface area contributed by atoms with E-state index in [0.717, 1.165) is 65.6 Å². The summed E-state index contributed by atoms with van der Waals surface area (Å²) in [5, 5.41) is 65.4. The number of thiazole rings is 1. The predicted molar refractivity (Wildman–Crippen MR) is 353 cm³/mol. The van der Waals surface area contributed by atoms with Crippen molar-refractivity contribution in [3.63, 3.8) is 0 Å². The number of para-hydroxylation sites is 1. The molecule has 5 heterocycles. The number of methoxy groups -OCH3 is 2. The zero-order chi connectivity index (χ0) is 68.3. The molecular weight excluding hydrogens is 1260 g/mol. The zero-order valence-electron chi connectivity index (χ0n) is 54.2. The third kappa shape index (κ3) is 15.0.